The molecular formula is C17H30BN3O6S. The number of amides is 3. The highest BCUT2D eigenvalue weighted by Gasteiger charge is 2.36. The molecule has 9 nitrogen and oxygen atoms in total. The molecule has 1 atom stereocenters. The van der Waals surface area contributed by atoms with Crippen molar-refractivity contribution >= 4 is 34.9 Å². The van der Waals surface area contributed by atoms with Crippen LogP contribution in [0, 0.1) is 0 Å². The first-order valence-electron chi connectivity index (χ1n) is 10.0. The Balaban J connectivity index is 1.44. The predicted octanol–water partition coefficient (Wildman–Crippen LogP) is 0.0963. The molecule has 0 radical (unpaired) electrons. The summed E-state index contributed by atoms with van der Waals surface area (Å²) in [6.45, 7) is 1.61. The summed E-state index contributed by atoms with van der Waals surface area (Å²) in [5.74, 6) is -0.928. The number of hydrogen-bond acceptors (Lipinski definition) is 6. The summed E-state index contributed by atoms with van der Waals surface area (Å²) < 4.78 is 30.8. The lowest BCUT2D eigenvalue weighted by Gasteiger charge is -2.22. The third-order valence-electron chi connectivity index (χ3n) is 4.99. The van der Waals surface area contributed by atoms with Crippen molar-refractivity contribution in [2.24, 2.45) is 5.73 Å². The fourth-order valence-electron chi connectivity index (χ4n) is 3.25. The van der Waals surface area contributed by atoms with Gasteiger partial charge in [0.05, 0.1) is 5.25 Å². The molecule has 2 rings (SSSR count). The minimum atomic E-state index is -3.45. The van der Waals surface area contributed by atoms with E-state index in [1.54, 1.807) is 4.90 Å². The normalized spacial score (nSPS) is 19.4. The van der Waals surface area contributed by atoms with E-state index in [1.807, 2.05) is 0 Å². The molecular weight excluding hydrogens is 385 g/mol. The molecule has 1 saturated carbocycles. The maximum absolute atomic E-state index is 12.1. The molecule has 0 aromatic carbocycles. The van der Waals surface area contributed by atoms with Crippen molar-refractivity contribution < 1.29 is 27.5 Å². The fourth-order valence-corrected chi connectivity index (χ4v) is 4.59. The van der Waals surface area contributed by atoms with Gasteiger partial charge in [-0.15, -0.1) is 0 Å². The number of likely N-dealkylation sites (tertiary alicyclic amines) is 1. The van der Waals surface area contributed by atoms with E-state index in [-0.39, 0.29) is 18.4 Å². The summed E-state index contributed by atoms with van der Waals surface area (Å²) in [5, 5.41) is -0.390. The molecule has 28 heavy (non-hydrogen) atoms. The van der Waals surface area contributed by atoms with E-state index in [0.717, 1.165) is 12.8 Å². The Bertz CT molecular complexity index is 668. The fraction of sp³-hybridized carbons (Fsp3) is 0.824. The number of nitrogens with zero attached hydrogens (tertiary/aromatic N) is 1. The van der Waals surface area contributed by atoms with Gasteiger partial charge in [-0.1, -0.05) is 6.32 Å². The second-order valence-electron chi connectivity index (χ2n) is 7.44. The van der Waals surface area contributed by atoms with Crippen LogP contribution in [-0.4, -0.2) is 69.3 Å². The van der Waals surface area contributed by atoms with Gasteiger partial charge < -0.3 is 15.4 Å². The Kier molecular flexibility index (Phi) is 8.74. The van der Waals surface area contributed by atoms with Gasteiger partial charge in [0.15, 0.2) is 5.81 Å². The Morgan fingerprint density at radius 3 is 2.50 bits per heavy atom. The van der Waals surface area contributed by atoms with E-state index in [9.17, 15) is 22.8 Å². The van der Waals surface area contributed by atoms with Crippen molar-refractivity contribution in [3.63, 3.8) is 0 Å². The standard InChI is InChI=1S/C17H30BN3O6S/c19-16(23)14-5-3-10-21(14)15(22)6-1-2-11-27-12-4-9-18-17(24)20-28(25,26)13-7-8-13/h13-14,18H,1-12H2,(H2,19,23)(H,20,24)/t14-/m0/s1. The monoisotopic (exact) mass is 415 g/mol. The second-order valence-corrected chi connectivity index (χ2v) is 9.40. The lowest BCUT2D eigenvalue weighted by atomic mass is 9.73. The molecule has 1 saturated heterocycles. The first kappa shape index (κ1) is 22.7. The van der Waals surface area contributed by atoms with Gasteiger partial charge >= 0.3 is 0 Å². The third-order valence-corrected chi connectivity index (χ3v) is 6.85. The Morgan fingerprint density at radius 1 is 1.11 bits per heavy atom. The van der Waals surface area contributed by atoms with Gasteiger partial charge in [-0.3, -0.25) is 19.1 Å². The summed E-state index contributed by atoms with van der Waals surface area (Å²) in [6, 6.07) is -0.458. The molecule has 2 aliphatic rings. The maximum atomic E-state index is 12.1. The molecule has 3 N–H and O–H groups in total. The molecule has 0 aromatic rings. The van der Waals surface area contributed by atoms with Crippen LogP contribution in [0.3, 0.4) is 0 Å². The summed E-state index contributed by atoms with van der Waals surface area (Å²) in [6.07, 6.45) is 5.75. The summed E-state index contributed by atoms with van der Waals surface area (Å²) in [7, 11) is -3.29. The number of rotatable bonds is 13. The number of sulfonamides is 1. The molecule has 2 fully saturated rings. The number of hydrogen-bond donors (Lipinski definition) is 2. The van der Waals surface area contributed by atoms with E-state index in [1.165, 1.54) is 0 Å². The SMILES string of the molecule is NC(=O)[C@@H]1CCCN1C(=O)CCCCOCCCBC(=O)NS(=O)(=O)C1CC1. The first-order chi connectivity index (χ1) is 13.3. The molecule has 0 aromatic heterocycles. The van der Waals surface area contributed by atoms with Crippen LogP contribution >= 0.6 is 0 Å². The highest BCUT2D eigenvalue weighted by Crippen LogP contribution is 2.27. The smallest absolute Gasteiger partial charge is 0.240 e. The van der Waals surface area contributed by atoms with E-state index < -0.39 is 27.8 Å². The first-order valence-corrected chi connectivity index (χ1v) is 11.6. The summed E-state index contributed by atoms with van der Waals surface area (Å²) in [5.41, 5.74) is 5.32. The van der Waals surface area contributed by atoms with Crippen molar-refractivity contribution in [1.29, 1.82) is 0 Å². The molecule has 1 aliphatic heterocycles. The van der Waals surface area contributed by atoms with Gasteiger partial charge in [0, 0.05) is 26.2 Å². The molecule has 158 valence electrons. The average Bonchev–Trinajstić information content (AvgIpc) is 3.37. The number of unbranched alkanes of at least 4 members (excludes halogenated alkanes) is 1. The Hall–Kier alpha value is -1.62. The Labute approximate surface area is 167 Å². The van der Waals surface area contributed by atoms with E-state index in [0.29, 0.717) is 64.6 Å². The van der Waals surface area contributed by atoms with Crippen LogP contribution in [0.15, 0.2) is 0 Å². The number of carbonyl (C=O) groups is 3. The molecule has 0 bridgehead atoms. The van der Waals surface area contributed by atoms with E-state index in [2.05, 4.69) is 4.72 Å². The molecule has 1 aliphatic carbocycles. The molecule has 11 heteroatoms. The quantitative estimate of drug-likeness (QED) is 0.323. The van der Waals surface area contributed by atoms with Crippen LogP contribution in [0.4, 0.5) is 4.79 Å². The number of nitrogens with one attached hydrogen (secondary N) is 1. The highest BCUT2D eigenvalue weighted by atomic mass is 32.2. The lowest BCUT2D eigenvalue weighted by Crippen LogP contribution is -2.43. The van der Waals surface area contributed by atoms with Crippen LogP contribution in [0.25, 0.3) is 0 Å². The van der Waals surface area contributed by atoms with Crippen molar-refractivity contribution in [3.05, 3.63) is 0 Å². The highest BCUT2D eigenvalue weighted by molar-refractivity contribution is 7.91. The van der Waals surface area contributed by atoms with Crippen LogP contribution < -0.4 is 10.5 Å². The van der Waals surface area contributed by atoms with Gasteiger partial charge in [-0.25, -0.2) is 8.42 Å². The minimum Gasteiger partial charge on any atom is -0.381 e. The molecule has 3 amide bonds. The third kappa shape index (κ3) is 7.42. The van der Waals surface area contributed by atoms with Crippen molar-refractivity contribution in [1.82, 2.24) is 9.62 Å². The van der Waals surface area contributed by atoms with E-state index >= 15 is 0 Å². The maximum Gasteiger partial charge on any atom is 0.240 e. The zero-order chi connectivity index (χ0) is 20.6. The zero-order valence-electron chi connectivity index (χ0n) is 16.2. The molecule has 0 unspecified atom stereocenters. The number of primary amides is 1. The van der Waals surface area contributed by atoms with E-state index in [4.69, 9.17) is 10.5 Å². The van der Waals surface area contributed by atoms with Gasteiger partial charge in [-0.2, -0.15) is 0 Å². The topological polar surface area (TPSA) is 136 Å². The van der Waals surface area contributed by atoms with Gasteiger partial charge in [0.2, 0.25) is 29.1 Å². The van der Waals surface area contributed by atoms with Gasteiger partial charge in [0.25, 0.3) is 0 Å². The Morgan fingerprint density at radius 2 is 1.82 bits per heavy atom. The van der Waals surface area contributed by atoms with Crippen molar-refractivity contribution in [2.75, 3.05) is 19.8 Å². The lowest BCUT2D eigenvalue weighted by molar-refractivity contribution is -0.137. The number of carbonyl (C=O) groups excluding carboxylic acids is 3. The van der Waals surface area contributed by atoms with Gasteiger partial charge in [0.1, 0.15) is 6.04 Å². The molecule has 0 spiro atoms. The predicted molar refractivity (Wildman–Crippen MR) is 106 cm³/mol. The molecule has 1 heterocycles. The zero-order valence-corrected chi connectivity index (χ0v) is 17.0. The largest absolute Gasteiger partial charge is 0.381 e. The average molecular weight is 415 g/mol. The van der Waals surface area contributed by atoms with Crippen LogP contribution in [-0.2, 0) is 24.3 Å². The number of nitrogens with two attached hydrogens (primary N) is 1. The van der Waals surface area contributed by atoms with Crippen molar-refractivity contribution in [2.45, 2.75) is 69.0 Å². The van der Waals surface area contributed by atoms with Crippen LogP contribution in [0.5, 0.6) is 0 Å². The van der Waals surface area contributed by atoms with Gasteiger partial charge in [-0.05, 0) is 44.9 Å². The van der Waals surface area contributed by atoms with Crippen LogP contribution in [0.2, 0.25) is 6.32 Å². The summed E-state index contributed by atoms with van der Waals surface area (Å²) >= 11 is 0. The minimum absolute atomic E-state index is 0.0338. The van der Waals surface area contributed by atoms with Crippen molar-refractivity contribution in [3.8, 4) is 0 Å². The second kappa shape index (κ2) is 10.8. The number of ether oxygens (including phenoxy) is 1. The van der Waals surface area contributed by atoms with Crippen LogP contribution in [0.1, 0.15) is 51.4 Å². The summed E-state index contributed by atoms with van der Waals surface area (Å²) in [4.78, 5) is 36.6.